The number of anilines is 1. The first-order valence-corrected chi connectivity index (χ1v) is 6.36. The van der Waals surface area contributed by atoms with E-state index < -0.39 is 0 Å². The third kappa shape index (κ3) is 2.33. The third-order valence-electron chi connectivity index (χ3n) is 3.27. The molecular weight excluding hydrogens is 222 g/mol. The lowest BCUT2D eigenvalue weighted by Gasteiger charge is -2.08. The molecule has 2 aromatic rings. The van der Waals surface area contributed by atoms with E-state index in [9.17, 15) is 0 Å². The first-order chi connectivity index (χ1) is 8.81. The highest BCUT2D eigenvalue weighted by Crippen LogP contribution is 2.26. The van der Waals surface area contributed by atoms with Gasteiger partial charge in [-0.3, -0.25) is 0 Å². The zero-order valence-corrected chi connectivity index (χ0v) is 10.6. The summed E-state index contributed by atoms with van der Waals surface area (Å²) in [7, 11) is 0. The number of hydrogen-bond donors (Lipinski definition) is 1. The Morgan fingerprint density at radius 3 is 3.00 bits per heavy atom. The lowest BCUT2D eigenvalue weighted by molar-refractivity contribution is 0.357. The number of benzene rings is 2. The minimum atomic E-state index is 0.824. The van der Waals surface area contributed by atoms with Crippen molar-refractivity contribution in [3.8, 4) is 5.75 Å². The molecule has 1 heterocycles. The molecule has 0 unspecified atom stereocenters. The molecule has 1 N–H and O–H groups in total. The number of ether oxygens (including phenoxy) is 1. The summed E-state index contributed by atoms with van der Waals surface area (Å²) in [5, 5.41) is 3.45. The van der Waals surface area contributed by atoms with Gasteiger partial charge in [0.15, 0.2) is 0 Å². The molecule has 0 bridgehead atoms. The Morgan fingerprint density at radius 2 is 2.11 bits per heavy atom. The van der Waals surface area contributed by atoms with E-state index in [1.807, 2.05) is 0 Å². The van der Waals surface area contributed by atoms with Gasteiger partial charge in [0.05, 0.1) is 6.61 Å². The SMILES string of the molecule is Cc1cccc(NCc2ccc3c(c2)CCO3)c1. The molecule has 0 spiro atoms. The van der Waals surface area contributed by atoms with E-state index in [1.54, 1.807) is 0 Å². The van der Waals surface area contributed by atoms with Gasteiger partial charge in [-0.15, -0.1) is 0 Å². The van der Waals surface area contributed by atoms with Gasteiger partial charge in [0.1, 0.15) is 5.75 Å². The van der Waals surface area contributed by atoms with E-state index in [2.05, 4.69) is 54.7 Å². The number of nitrogens with one attached hydrogen (secondary N) is 1. The Balaban J connectivity index is 1.70. The smallest absolute Gasteiger partial charge is 0.122 e. The standard InChI is InChI=1S/C16H17NO/c1-12-3-2-4-15(9-12)17-11-13-5-6-16-14(10-13)7-8-18-16/h2-6,9-10,17H,7-8,11H2,1H3. The maximum absolute atomic E-state index is 5.51. The molecule has 2 nitrogen and oxygen atoms in total. The fraction of sp³-hybridized carbons (Fsp3) is 0.250. The van der Waals surface area contributed by atoms with Gasteiger partial charge in [-0.25, -0.2) is 0 Å². The van der Waals surface area contributed by atoms with Gasteiger partial charge in [0.2, 0.25) is 0 Å². The van der Waals surface area contributed by atoms with Crippen LogP contribution in [-0.2, 0) is 13.0 Å². The second kappa shape index (κ2) is 4.73. The molecule has 18 heavy (non-hydrogen) atoms. The largest absolute Gasteiger partial charge is 0.493 e. The molecule has 0 atom stereocenters. The molecule has 1 aliphatic rings. The van der Waals surface area contributed by atoms with E-state index in [-0.39, 0.29) is 0 Å². The van der Waals surface area contributed by atoms with Crippen molar-refractivity contribution in [3.05, 3.63) is 59.2 Å². The summed E-state index contributed by atoms with van der Waals surface area (Å²) in [6, 6.07) is 14.9. The van der Waals surface area contributed by atoms with Crippen LogP contribution in [0.2, 0.25) is 0 Å². The molecule has 0 fully saturated rings. The molecule has 0 radical (unpaired) electrons. The van der Waals surface area contributed by atoms with Crippen molar-refractivity contribution >= 4 is 5.69 Å². The van der Waals surface area contributed by atoms with Crippen molar-refractivity contribution in [3.63, 3.8) is 0 Å². The van der Waals surface area contributed by atoms with Gasteiger partial charge in [-0.1, -0.05) is 24.3 Å². The van der Waals surface area contributed by atoms with Crippen LogP contribution in [0.1, 0.15) is 16.7 Å². The average Bonchev–Trinajstić information content (AvgIpc) is 2.84. The normalized spacial score (nSPS) is 12.9. The van der Waals surface area contributed by atoms with Crippen molar-refractivity contribution in [1.29, 1.82) is 0 Å². The van der Waals surface area contributed by atoms with Crippen molar-refractivity contribution < 1.29 is 4.74 Å². The van der Waals surface area contributed by atoms with E-state index in [4.69, 9.17) is 4.74 Å². The first kappa shape index (κ1) is 11.1. The van der Waals surface area contributed by atoms with Crippen LogP contribution < -0.4 is 10.1 Å². The molecule has 0 aromatic heterocycles. The lowest BCUT2D eigenvalue weighted by atomic mass is 10.1. The zero-order chi connectivity index (χ0) is 12.4. The molecule has 3 rings (SSSR count). The second-order valence-electron chi connectivity index (χ2n) is 4.76. The van der Waals surface area contributed by atoms with Gasteiger partial charge in [-0.2, -0.15) is 0 Å². The van der Waals surface area contributed by atoms with E-state index in [0.29, 0.717) is 0 Å². The van der Waals surface area contributed by atoms with Crippen molar-refractivity contribution in [2.24, 2.45) is 0 Å². The highest BCUT2D eigenvalue weighted by molar-refractivity contribution is 5.47. The molecule has 92 valence electrons. The van der Waals surface area contributed by atoms with Crippen LogP contribution in [0.3, 0.4) is 0 Å². The predicted molar refractivity (Wildman–Crippen MR) is 74.1 cm³/mol. The quantitative estimate of drug-likeness (QED) is 0.884. The highest BCUT2D eigenvalue weighted by Gasteiger charge is 2.11. The number of rotatable bonds is 3. The monoisotopic (exact) mass is 239 g/mol. The minimum Gasteiger partial charge on any atom is -0.493 e. The van der Waals surface area contributed by atoms with Gasteiger partial charge in [0.25, 0.3) is 0 Å². The Hall–Kier alpha value is -1.96. The van der Waals surface area contributed by atoms with Crippen molar-refractivity contribution in [2.45, 2.75) is 19.9 Å². The average molecular weight is 239 g/mol. The van der Waals surface area contributed by atoms with Crippen molar-refractivity contribution in [1.82, 2.24) is 0 Å². The topological polar surface area (TPSA) is 21.3 Å². The Labute approximate surface area is 108 Å². The maximum atomic E-state index is 5.51. The van der Waals surface area contributed by atoms with Crippen LogP contribution in [0.15, 0.2) is 42.5 Å². The van der Waals surface area contributed by atoms with Crippen LogP contribution in [0, 0.1) is 6.92 Å². The molecule has 0 aliphatic carbocycles. The molecule has 1 aliphatic heterocycles. The van der Waals surface area contributed by atoms with Crippen LogP contribution >= 0.6 is 0 Å². The summed E-state index contributed by atoms with van der Waals surface area (Å²) in [4.78, 5) is 0. The Bertz CT molecular complexity index is 563. The van der Waals surface area contributed by atoms with Crippen LogP contribution in [0.4, 0.5) is 5.69 Å². The highest BCUT2D eigenvalue weighted by atomic mass is 16.5. The fourth-order valence-electron chi connectivity index (χ4n) is 2.31. The van der Waals surface area contributed by atoms with E-state index >= 15 is 0 Å². The van der Waals surface area contributed by atoms with Crippen molar-refractivity contribution in [2.75, 3.05) is 11.9 Å². The van der Waals surface area contributed by atoms with Crippen LogP contribution in [-0.4, -0.2) is 6.61 Å². The summed E-state index contributed by atoms with van der Waals surface area (Å²) < 4.78 is 5.51. The Morgan fingerprint density at radius 1 is 1.17 bits per heavy atom. The van der Waals surface area contributed by atoms with Crippen LogP contribution in [0.25, 0.3) is 0 Å². The summed E-state index contributed by atoms with van der Waals surface area (Å²) in [6.07, 6.45) is 1.04. The first-order valence-electron chi connectivity index (χ1n) is 6.36. The minimum absolute atomic E-state index is 0.824. The van der Waals surface area contributed by atoms with E-state index in [1.165, 1.54) is 22.4 Å². The molecule has 0 amide bonds. The van der Waals surface area contributed by atoms with Gasteiger partial charge >= 0.3 is 0 Å². The molecular formula is C16H17NO. The van der Waals surface area contributed by atoms with Crippen LogP contribution in [0.5, 0.6) is 5.75 Å². The second-order valence-corrected chi connectivity index (χ2v) is 4.76. The molecule has 2 aromatic carbocycles. The lowest BCUT2D eigenvalue weighted by Crippen LogP contribution is -1.99. The zero-order valence-electron chi connectivity index (χ0n) is 10.6. The number of fused-ring (bicyclic) bond motifs is 1. The summed E-state index contributed by atoms with van der Waals surface area (Å²) in [5.41, 5.74) is 5.09. The summed E-state index contributed by atoms with van der Waals surface area (Å²) in [6.45, 7) is 3.79. The Kier molecular flexibility index (Phi) is 2.93. The molecule has 0 saturated carbocycles. The molecule has 2 heteroatoms. The summed E-state index contributed by atoms with van der Waals surface area (Å²) in [5.74, 6) is 1.05. The van der Waals surface area contributed by atoms with Gasteiger partial charge in [-0.05, 0) is 41.8 Å². The number of aryl methyl sites for hydroxylation is 1. The summed E-state index contributed by atoms with van der Waals surface area (Å²) >= 11 is 0. The molecule has 0 saturated heterocycles. The maximum Gasteiger partial charge on any atom is 0.122 e. The van der Waals surface area contributed by atoms with E-state index in [0.717, 1.165) is 25.3 Å². The predicted octanol–water partition coefficient (Wildman–Crippen LogP) is 3.54. The third-order valence-corrected chi connectivity index (χ3v) is 3.27. The van der Waals surface area contributed by atoms with Gasteiger partial charge in [0, 0.05) is 18.7 Å². The van der Waals surface area contributed by atoms with Gasteiger partial charge < -0.3 is 10.1 Å². The number of hydrogen-bond acceptors (Lipinski definition) is 2. The fourth-order valence-corrected chi connectivity index (χ4v) is 2.31.